The molecule has 102 valence electrons. The number of hydrogen-bond acceptors (Lipinski definition) is 4. The van der Waals surface area contributed by atoms with E-state index < -0.39 is 0 Å². The summed E-state index contributed by atoms with van der Waals surface area (Å²) in [5.74, 6) is 0. The Bertz CT molecular complexity index is 731. The summed E-state index contributed by atoms with van der Waals surface area (Å²) < 4.78 is 1.70. The molecule has 0 amide bonds. The zero-order valence-electron chi connectivity index (χ0n) is 11.5. The fourth-order valence-electron chi connectivity index (χ4n) is 2.09. The van der Waals surface area contributed by atoms with Gasteiger partial charge in [-0.2, -0.15) is 5.10 Å². The van der Waals surface area contributed by atoms with Crippen LogP contribution in [-0.2, 0) is 6.61 Å². The SMILES string of the molecule is CN(C)c1ccc(-c2ccc3nc(CO)cn3n2)cc1. The Labute approximate surface area is 117 Å². The van der Waals surface area contributed by atoms with Gasteiger partial charge in [0.1, 0.15) is 0 Å². The van der Waals surface area contributed by atoms with E-state index >= 15 is 0 Å². The number of imidazole rings is 1. The Morgan fingerprint density at radius 3 is 2.50 bits per heavy atom. The molecule has 20 heavy (non-hydrogen) atoms. The summed E-state index contributed by atoms with van der Waals surface area (Å²) in [7, 11) is 4.03. The van der Waals surface area contributed by atoms with Crippen molar-refractivity contribution in [1.82, 2.24) is 14.6 Å². The summed E-state index contributed by atoms with van der Waals surface area (Å²) in [5, 5.41) is 13.6. The van der Waals surface area contributed by atoms with Gasteiger partial charge in [-0.25, -0.2) is 9.50 Å². The smallest absolute Gasteiger partial charge is 0.153 e. The van der Waals surface area contributed by atoms with Gasteiger partial charge in [0.2, 0.25) is 0 Å². The van der Waals surface area contributed by atoms with Crippen molar-refractivity contribution in [2.45, 2.75) is 6.61 Å². The van der Waals surface area contributed by atoms with Crippen molar-refractivity contribution in [2.75, 3.05) is 19.0 Å². The Hall–Kier alpha value is -2.40. The molecule has 0 fully saturated rings. The Morgan fingerprint density at radius 1 is 1.10 bits per heavy atom. The quantitative estimate of drug-likeness (QED) is 0.789. The minimum Gasteiger partial charge on any atom is -0.390 e. The molecule has 3 rings (SSSR count). The van der Waals surface area contributed by atoms with E-state index in [1.165, 1.54) is 0 Å². The highest BCUT2D eigenvalue weighted by molar-refractivity contribution is 5.63. The number of hydrogen-bond donors (Lipinski definition) is 1. The molecule has 0 aliphatic carbocycles. The molecule has 2 aromatic heterocycles. The third-order valence-electron chi connectivity index (χ3n) is 3.21. The van der Waals surface area contributed by atoms with Crippen molar-refractivity contribution in [1.29, 1.82) is 0 Å². The van der Waals surface area contributed by atoms with Gasteiger partial charge in [0.25, 0.3) is 0 Å². The molecule has 1 aromatic carbocycles. The average Bonchev–Trinajstić information content (AvgIpc) is 2.89. The van der Waals surface area contributed by atoms with Crippen LogP contribution in [0.1, 0.15) is 5.69 Å². The zero-order valence-corrected chi connectivity index (χ0v) is 11.5. The van der Waals surface area contributed by atoms with Crippen LogP contribution in [0.25, 0.3) is 16.9 Å². The maximum absolute atomic E-state index is 9.10. The van der Waals surface area contributed by atoms with Gasteiger partial charge >= 0.3 is 0 Å². The summed E-state index contributed by atoms with van der Waals surface area (Å²) >= 11 is 0. The number of benzene rings is 1. The molecule has 0 aliphatic heterocycles. The van der Waals surface area contributed by atoms with Crippen LogP contribution in [0.3, 0.4) is 0 Å². The summed E-state index contributed by atoms with van der Waals surface area (Å²) in [4.78, 5) is 6.31. The van der Waals surface area contributed by atoms with E-state index in [1.54, 1.807) is 10.7 Å². The molecule has 0 unspecified atom stereocenters. The van der Waals surface area contributed by atoms with E-state index in [0.717, 1.165) is 22.6 Å². The standard InChI is InChI=1S/C15H16N4O/c1-18(2)13-5-3-11(4-6-13)14-7-8-15-16-12(10-20)9-19(15)17-14/h3-9,20H,10H2,1-2H3. The Morgan fingerprint density at radius 2 is 1.85 bits per heavy atom. The molecule has 5 heteroatoms. The van der Waals surface area contributed by atoms with Crippen LogP contribution in [0.5, 0.6) is 0 Å². The molecule has 0 spiro atoms. The fourth-order valence-corrected chi connectivity index (χ4v) is 2.09. The molecule has 0 bridgehead atoms. The van der Waals surface area contributed by atoms with Gasteiger partial charge in [0, 0.05) is 25.3 Å². The molecule has 0 aliphatic rings. The number of nitrogens with zero attached hydrogens (tertiary/aromatic N) is 4. The number of aliphatic hydroxyl groups excluding tert-OH is 1. The Kier molecular flexibility index (Phi) is 3.12. The first-order valence-electron chi connectivity index (χ1n) is 6.41. The van der Waals surface area contributed by atoms with Crippen LogP contribution in [0, 0.1) is 0 Å². The van der Waals surface area contributed by atoms with Gasteiger partial charge in [-0.3, -0.25) is 0 Å². The van der Waals surface area contributed by atoms with E-state index in [9.17, 15) is 0 Å². The lowest BCUT2D eigenvalue weighted by Gasteiger charge is -2.12. The van der Waals surface area contributed by atoms with E-state index in [2.05, 4.69) is 27.1 Å². The molecule has 0 saturated carbocycles. The van der Waals surface area contributed by atoms with Crippen molar-refractivity contribution in [3.63, 3.8) is 0 Å². The molecule has 5 nitrogen and oxygen atoms in total. The predicted molar refractivity (Wildman–Crippen MR) is 78.7 cm³/mol. The van der Waals surface area contributed by atoms with E-state index in [-0.39, 0.29) is 6.61 Å². The summed E-state index contributed by atoms with van der Waals surface area (Å²) in [6, 6.07) is 12.1. The van der Waals surface area contributed by atoms with Crippen molar-refractivity contribution in [2.24, 2.45) is 0 Å². The highest BCUT2D eigenvalue weighted by Crippen LogP contribution is 2.21. The van der Waals surface area contributed by atoms with Gasteiger partial charge in [0.05, 0.1) is 24.2 Å². The lowest BCUT2D eigenvalue weighted by Crippen LogP contribution is -2.08. The third kappa shape index (κ3) is 2.23. The average molecular weight is 268 g/mol. The lowest BCUT2D eigenvalue weighted by atomic mass is 10.1. The molecule has 1 N–H and O–H groups in total. The molecule has 0 saturated heterocycles. The molecule has 0 atom stereocenters. The van der Waals surface area contributed by atoms with Crippen molar-refractivity contribution in [3.05, 3.63) is 48.3 Å². The number of anilines is 1. The maximum atomic E-state index is 9.10. The normalized spacial score (nSPS) is 10.9. The topological polar surface area (TPSA) is 53.7 Å². The Balaban J connectivity index is 2.00. The monoisotopic (exact) mass is 268 g/mol. The minimum atomic E-state index is -0.0732. The van der Waals surface area contributed by atoms with Crippen molar-refractivity contribution < 1.29 is 5.11 Å². The van der Waals surface area contributed by atoms with Gasteiger partial charge in [0.15, 0.2) is 5.65 Å². The summed E-state index contributed by atoms with van der Waals surface area (Å²) in [6.45, 7) is -0.0732. The van der Waals surface area contributed by atoms with Crippen LogP contribution in [0.2, 0.25) is 0 Å². The first-order valence-corrected chi connectivity index (χ1v) is 6.41. The highest BCUT2D eigenvalue weighted by Gasteiger charge is 2.05. The number of aliphatic hydroxyl groups is 1. The van der Waals surface area contributed by atoms with Crippen molar-refractivity contribution >= 4 is 11.3 Å². The number of fused-ring (bicyclic) bond motifs is 1. The maximum Gasteiger partial charge on any atom is 0.153 e. The third-order valence-corrected chi connectivity index (χ3v) is 3.21. The molecule has 2 heterocycles. The second kappa shape index (κ2) is 4.94. The molecular formula is C15H16N4O. The van der Waals surface area contributed by atoms with E-state index in [1.807, 2.05) is 38.4 Å². The fraction of sp³-hybridized carbons (Fsp3) is 0.200. The van der Waals surface area contributed by atoms with Crippen LogP contribution in [0.4, 0.5) is 5.69 Å². The summed E-state index contributed by atoms with van der Waals surface area (Å²) in [6.07, 6.45) is 1.74. The minimum absolute atomic E-state index is 0.0732. The second-order valence-corrected chi connectivity index (χ2v) is 4.85. The van der Waals surface area contributed by atoms with Gasteiger partial charge in [-0.1, -0.05) is 12.1 Å². The van der Waals surface area contributed by atoms with Crippen LogP contribution in [-0.4, -0.2) is 33.8 Å². The van der Waals surface area contributed by atoms with Gasteiger partial charge in [-0.05, 0) is 24.3 Å². The molecule has 3 aromatic rings. The summed E-state index contributed by atoms with van der Waals surface area (Å²) in [5.41, 5.74) is 4.45. The molecular weight excluding hydrogens is 252 g/mol. The van der Waals surface area contributed by atoms with Crippen LogP contribution >= 0.6 is 0 Å². The van der Waals surface area contributed by atoms with Crippen LogP contribution < -0.4 is 4.90 Å². The highest BCUT2D eigenvalue weighted by atomic mass is 16.3. The molecule has 0 radical (unpaired) electrons. The van der Waals surface area contributed by atoms with E-state index in [4.69, 9.17) is 5.11 Å². The first kappa shape index (κ1) is 12.6. The second-order valence-electron chi connectivity index (χ2n) is 4.85. The first-order chi connectivity index (χ1) is 9.67. The van der Waals surface area contributed by atoms with E-state index in [0.29, 0.717) is 5.69 Å². The number of aromatic nitrogens is 3. The lowest BCUT2D eigenvalue weighted by molar-refractivity contribution is 0.277. The number of rotatable bonds is 3. The largest absolute Gasteiger partial charge is 0.390 e. The van der Waals surface area contributed by atoms with Crippen LogP contribution in [0.15, 0.2) is 42.6 Å². The van der Waals surface area contributed by atoms with Gasteiger partial charge < -0.3 is 10.0 Å². The zero-order chi connectivity index (χ0) is 14.1. The van der Waals surface area contributed by atoms with Crippen molar-refractivity contribution in [3.8, 4) is 11.3 Å². The predicted octanol–water partition coefficient (Wildman–Crippen LogP) is 1.95. The van der Waals surface area contributed by atoms with Gasteiger partial charge in [-0.15, -0.1) is 0 Å².